The molecule has 0 bridgehead atoms. The minimum absolute atomic E-state index is 0.134. The highest BCUT2D eigenvalue weighted by atomic mass is 16.2. The van der Waals surface area contributed by atoms with Gasteiger partial charge < -0.3 is 10.2 Å². The van der Waals surface area contributed by atoms with Crippen LogP contribution in [-0.2, 0) is 6.54 Å². The molecule has 5 heteroatoms. The van der Waals surface area contributed by atoms with Crippen LogP contribution in [0.3, 0.4) is 0 Å². The smallest absolute Gasteiger partial charge is 0.317 e. The summed E-state index contributed by atoms with van der Waals surface area (Å²) in [6.07, 6.45) is 6.15. The van der Waals surface area contributed by atoms with Gasteiger partial charge in [0.25, 0.3) is 0 Å². The first kappa shape index (κ1) is 19.2. The number of amides is 2. The SMILES string of the molecule is O=C(NCCN1CCN(Cc2ccccc2)CC1)N1CCCCCCC1. The predicted molar refractivity (Wildman–Crippen MR) is 106 cm³/mol. The van der Waals surface area contributed by atoms with E-state index in [-0.39, 0.29) is 6.03 Å². The van der Waals surface area contributed by atoms with Crippen LogP contribution in [-0.4, -0.2) is 73.1 Å². The van der Waals surface area contributed by atoms with Crippen LogP contribution in [0.1, 0.15) is 37.7 Å². The van der Waals surface area contributed by atoms with Gasteiger partial charge in [-0.25, -0.2) is 4.79 Å². The maximum absolute atomic E-state index is 12.3. The number of hydrogen-bond donors (Lipinski definition) is 1. The molecule has 0 radical (unpaired) electrons. The first-order valence-electron chi connectivity index (χ1n) is 10.3. The van der Waals surface area contributed by atoms with Crippen LogP contribution >= 0.6 is 0 Å². The minimum atomic E-state index is 0.134. The largest absolute Gasteiger partial charge is 0.337 e. The molecule has 0 aromatic heterocycles. The molecule has 0 unspecified atom stereocenters. The number of nitrogens with zero attached hydrogens (tertiary/aromatic N) is 3. The average molecular weight is 359 g/mol. The van der Waals surface area contributed by atoms with Crippen molar-refractivity contribution < 1.29 is 4.79 Å². The Hall–Kier alpha value is -1.59. The van der Waals surface area contributed by atoms with Crippen molar-refractivity contribution in [3.63, 3.8) is 0 Å². The van der Waals surface area contributed by atoms with Crippen molar-refractivity contribution in [1.82, 2.24) is 20.0 Å². The molecular formula is C21H34N4O. The van der Waals surface area contributed by atoms with E-state index >= 15 is 0 Å². The third kappa shape index (κ3) is 6.29. The number of likely N-dealkylation sites (tertiary alicyclic amines) is 1. The lowest BCUT2D eigenvalue weighted by Gasteiger charge is -2.35. The third-order valence-corrected chi connectivity index (χ3v) is 5.56. The molecule has 1 aromatic rings. The summed E-state index contributed by atoms with van der Waals surface area (Å²) < 4.78 is 0. The number of carbonyl (C=O) groups excluding carboxylic acids is 1. The number of rotatable bonds is 5. The van der Waals surface area contributed by atoms with E-state index in [1.54, 1.807) is 0 Å². The highest BCUT2D eigenvalue weighted by Crippen LogP contribution is 2.11. The van der Waals surface area contributed by atoms with Gasteiger partial charge in [0, 0.05) is 58.9 Å². The van der Waals surface area contributed by atoms with Gasteiger partial charge in [0.05, 0.1) is 0 Å². The molecule has 26 heavy (non-hydrogen) atoms. The van der Waals surface area contributed by atoms with E-state index in [9.17, 15) is 4.79 Å². The molecule has 2 amide bonds. The lowest BCUT2D eigenvalue weighted by atomic mass is 10.1. The average Bonchev–Trinajstić information content (AvgIpc) is 2.64. The lowest BCUT2D eigenvalue weighted by Crippen LogP contribution is -2.49. The fraction of sp³-hybridized carbons (Fsp3) is 0.667. The fourth-order valence-corrected chi connectivity index (χ4v) is 3.90. The van der Waals surface area contributed by atoms with Crippen molar-refractivity contribution in [3.05, 3.63) is 35.9 Å². The second-order valence-corrected chi connectivity index (χ2v) is 7.59. The second-order valence-electron chi connectivity index (χ2n) is 7.59. The summed E-state index contributed by atoms with van der Waals surface area (Å²) in [4.78, 5) is 19.3. The van der Waals surface area contributed by atoms with Crippen molar-refractivity contribution in [1.29, 1.82) is 0 Å². The number of urea groups is 1. The Labute approximate surface area is 158 Å². The van der Waals surface area contributed by atoms with Crippen molar-refractivity contribution >= 4 is 6.03 Å². The van der Waals surface area contributed by atoms with Gasteiger partial charge in [-0.3, -0.25) is 9.80 Å². The molecule has 3 rings (SSSR count). The standard InChI is InChI=1S/C21H34N4O/c26-21(25-12-7-2-1-3-8-13-25)22-11-14-23-15-17-24(18-16-23)19-20-9-5-4-6-10-20/h4-6,9-10H,1-3,7-8,11-19H2,(H,22,26). The van der Waals surface area contributed by atoms with Crippen LogP contribution in [0.15, 0.2) is 30.3 Å². The van der Waals surface area contributed by atoms with Crippen LogP contribution in [0.2, 0.25) is 0 Å². The Kier molecular flexibility index (Phi) is 7.77. The van der Waals surface area contributed by atoms with Gasteiger partial charge in [-0.15, -0.1) is 0 Å². The zero-order valence-electron chi connectivity index (χ0n) is 16.0. The normalized spacial score (nSPS) is 20.4. The molecule has 1 aromatic carbocycles. The third-order valence-electron chi connectivity index (χ3n) is 5.56. The summed E-state index contributed by atoms with van der Waals surface area (Å²) >= 11 is 0. The maximum Gasteiger partial charge on any atom is 0.317 e. The highest BCUT2D eigenvalue weighted by Gasteiger charge is 2.18. The molecule has 0 saturated carbocycles. The van der Waals surface area contributed by atoms with Crippen LogP contribution in [0.5, 0.6) is 0 Å². The number of benzene rings is 1. The molecular weight excluding hydrogens is 324 g/mol. The molecule has 2 heterocycles. The van der Waals surface area contributed by atoms with E-state index in [0.29, 0.717) is 0 Å². The first-order chi connectivity index (χ1) is 12.8. The summed E-state index contributed by atoms with van der Waals surface area (Å²) in [6, 6.07) is 10.8. The molecule has 0 spiro atoms. The van der Waals surface area contributed by atoms with Gasteiger partial charge in [0.2, 0.25) is 0 Å². The molecule has 2 fully saturated rings. The van der Waals surface area contributed by atoms with E-state index < -0.39 is 0 Å². The summed E-state index contributed by atoms with van der Waals surface area (Å²) in [7, 11) is 0. The minimum Gasteiger partial charge on any atom is -0.337 e. The molecule has 2 aliphatic heterocycles. The van der Waals surface area contributed by atoms with Crippen molar-refractivity contribution in [2.75, 3.05) is 52.4 Å². The molecule has 0 atom stereocenters. The van der Waals surface area contributed by atoms with Crippen molar-refractivity contribution in [2.24, 2.45) is 0 Å². The second kappa shape index (κ2) is 10.5. The summed E-state index contributed by atoms with van der Waals surface area (Å²) in [6.45, 7) is 8.99. The Morgan fingerprint density at radius 2 is 1.42 bits per heavy atom. The summed E-state index contributed by atoms with van der Waals surface area (Å²) in [5, 5.41) is 3.13. The first-order valence-corrected chi connectivity index (χ1v) is 10.3. The van der Waals surface area contributed by atoms with E-state index in [1.165, 1.54) is 24.8 Å². The molecule has 2 aliphatic rings. The molecule has 144 valence electrons. The quantitative estimate of drug-likeness (QED) is 0.880. The van der Waals surface area contributed by atoms with Crippen LogP contribution in [0, 0.1) is 0 Å². The Bertz CT molecular complexity index is 520. The molecule has 5 nitrogen and oxygen atoms in total. The molecule has 2 saturated heterocycles. The predicted octanol–water partition coefficient (Wildman–Crippen LogP) is 2.78. The summed E-state index contributed by atoms with van der Waals surface area (Å²) in [5.41, 5.74) is 1.39. The van der Waals surface area contributed by atoms with Gasteiger partial charge >= 0.3 is 6.03 Å². The molecule has 0 aliphatic carbocycles. The van der Waals surface area contributed by atoms with Crippen molar-refractivity contribution in [2.45, 2.75) is 38.6 Å². The maximum atomic E-state index is 12.3. The van der Waals surface area contributed by atoms with E-state index in [0.717, 1.165) is 71.7 Å². The van der Waals surface area contributed by atoms with Crippen LogP contribution in [0.4, 0.5) is 4.79 Å². The number of piperazine rings is 1. The zero-order chi connectivity index (χ0) is 18.0. The van der Waals surface area contributed by atoms with Gasteiger partial charge in [0.1, 0.15) is 0 Å². The van der Waals surface area contributed by atoms with Crippen LogP contribution in [0.25, 0.3) is 0 Å². The Balaban J connectivity index is 1.30. The zero-order valence-corrected chi connectivity index (χ0v) is 16.0. The monoisotopic (exact) mass is 358 g/mol. The number of nitrogens with one attached hydrogen (secondary N) is 1. The van der Waals surface area contributed by atoms with Gasteiger partial charge in [-0.2, -0.15) is 0 Å². The van der Waals surface area contributed by atoms with Gasteiger partial charge in [-0.05, 0) is 18.4 Å². The molecule has 1 N–H and O–H groups in total. The highest BCUT2D eigenvalue weighted by molar-refractivity contribution is 5.74. The summed E-state index contributed by atoms with van der Waals surface area (Å²) in [5.74, 6) is 0. The Morgan fingerprint density at radius 1 is 0.808 bits per heavy atom. The lowest BCUT2D eigenvalue weighted by molar-refractivity contribution is 0.127. The fourth-order valence-electron chi connectivity index (χ4n) is 3.90. The Morgan fingerprint density at radius 3 is 2.12 bits per heavy atom. The van der Waals surface area contributed by atoms with Gasteiger partial charge in [-0.1, -0.05) is 49.6 Å². The van der Waals surface area contributed by atoms with E-state index in [4.69, 9.17) is 0 Å². The van der Waals surface area contributed by atoms with Crippen LogP contribution < -0.4 is 5.32 Å². The topological polar surface area (TPSA) is 38.8 Å². The van der Waals surface area contributed by atoms with Gasteiger partial charge in [0.15, 0.2) is 0 Å². The van der Waals surface area contributed by atoms with E-state index in [2.05, 4.69) is 45.4 Å². The van der Waals surface area contributed by atoms with E-state index in [1.807, 2.05) is 4.90 Å². The number of hydrogen-bond acceptors (Lipinski definition) is 3. The van der Waals surface area contributed by atoms with Crippen molar-refractivity contribution in [3.8, 4) is 0 Å². The number of carbonyl (C=O) groups is 1.